The largest absolute Gasteiger partial charge is 0.513 e. The van der Waals surface area contributed by atoms with Crippen molar-refractivity contribution in [2.75, 3.05) is 7.11 Å². The molecule has 1 aromatic carbocycles. The van der Waals surface area contributed by atoms with Gasteiger partial charge in [-0.15, -0.1) is 0 Å². The van der Waals surface area contributed by atoms with Crippen molar-refractivity contribution < 1.29 is 14.3 Å². The first kappa shape index (κ1) is 17.1. The second-order valence-electron chi connectivity index (χ2n) is 4.49. The van der Waals surface area contributed by atoms with Crippen LogP contribution >= 0.6 is 46.4 Å². The van der Waals surface area contributed by atoms with Gasteiger partial charge in [0.15, 0.2) is 5.75 Å². The first-order chi connectivity index (χ1) is 11.4. The van der Waals surface area contributed by atoms with Crippen molar-refractivity contribution >= 4 is 58.2 Å². The fraction of sp³-hybridized carbons (Fsp3) is 0.0714. The summed E-state index contributed by atoms with van der Waals surface area (Å²) in [5.74, 6) is 0.0550. The maximum Gasteiger partial charge on any atom is 0.513 e. The molecule has 0 saturated carbocycles. The molecule has 3 aromatic rings. The molecule has 0 atom stereocenters. The van der Waals surface area contributed by atoms with Crippen LogP contribution in [0.1, 0.15) is 0 Å². The van der Waals surface area contributed by atoms with Gasteiger partial charge >= 0.3 is 6.16 Å². The molecule has 124 valence electrons. The van der Waals surface area contributed by atoms with Gasteiger partial charge in [0.1, 0.15) is 10.3 Å². The number of carbonyl (C=O) groups is 1. The lowest BCUT2D eigenvalue weighted by Gasteiger charge is -2.10. The normalized spacial score (nSPS) is 10.9. The van der Waals surface area contributed by atoms with Crippen molar-refractivity contribution in [1.82, 2.24) is 14.6 Å². The second kappa shape index (κ2) is 6.64. The average molecular weight is 407 g/mol. The summed E-state index contributed by atoms with van der Waals surface area (Å²) in [4.78, 5) is 15.4. The van der Waals surface area contributed by atoms with Gasteiger partial charge in [-0.2, -0.15) is 9.61 Å². The van der Waals surface area contributed by atoms with Crippen molar-refractivity contribution in [3.8, 4) is 16.9 Å². The third-order valence-electron chi connectivity index (χ3n) is 3.07. The van der Waals surface area contributed by atoms with E-state index in [2.05, 4.69) is 14.8 Å². The van der Waals surface area contributed by atoms with Crippen LogP contribution in [0.4, 0.5) is 4.79 Å². The standard InChI is InChI=1S/C14H7Cl4N3O3/c1-23-14(22)24-9-5-19-21-12(18)10(11(17)20-13(9)21)7-3-2-6(15)4-8(7)16/h2-5H,1H3. The van der Waals surface area contributed by atoms with Crippen LogP contribution in [0.15, 0.2) is 24.4 Å². The molecule has 10 heteroatoms. The van der Waals surface area contributed by atoms with E-state index >= 15 is 0 Å². The molecule has 24 heavy (non-hydrogen) atoms. The number of methoxy groups -OCH3 is 1. The molecule has 2 heterocycles. The Hall–Kier alpha value is -1.73. The Kier molecular flexibility index (Phi) is 4.73. The van der Waals surface area contributed by atoms with E-state index in [0.717, 1.165) is 0 Å². The third-order valence-corrected chi connectivity index (χ3v) is 4.24. The van der Waals surface area contributed by atoms with Crippen LogP contribution in [0, 0.1) is 0 Å². The fourth-order valence-corrected chi connectivity index (χ4v) is 3.17. The first-order valence-electron chi connectivity index (χ1n) is 6.36. The zero-order chi connectivity index (χ0) is 17.4. The number of fused-ring (bicyclic) bond motifs is 1. The molecular weight excluding hydrogens is 400 g/mol. The van der Waals surface area contributed by atoms with E-state index in [1.165, 1.54) is 17.8 Å². The van der Waals surface area contributed by atoms with Crippen molar-refractivity contribution in [2.24, 2.45) is 0 Å². The molecule has 0 aliphatic carbocycles. The minimum atomic E-state index is -0.913. The molecule has 0 aliphatic heterocycles. The van der Waals surface area contributed by atoms with Crippen LogP contribution < -0.4 is 4.74 Å². The molecule has 0 saturated heterocycles. The molecular formula is C14H7Cl4N3O3. The van der Waals surface area contributed by atoms with Gasteiger partial charge in [-0.05, 0) is 12.1 Å². The summed E-state index contributed by atoms with van der Waals surface area (Å²) in [6.07, 6.45) is 0.359. The maximum atomic E-state index is 11.3. The van der Waals surface area contributed by atoms with Gasteiger partial charge in [-0.25, -0.2) is 9.78 Å². The van der Waals surface area contributed by atoms with Crippen molar-refractivity contribution in [1.29, 1.82) is 0 Å². The Morgan fingerprint density at radius 1 is 1.21 bits per heavy atom. The van der Waals surface area contributed by atoms with Crippen molar-refractivity contribution in [3.63, 3.8) is 0 Å². The van der Waals surface area contributed by atoms with E-state index in [9.17, 15) is 4.79 Å². The quantitative estimate of drug-likeness (QED) is 0.434. The zero-order valence-electron chi connectivity index (χ0n) is 11.9. The van der Waals surface area contributed by atoms with E-state index in [-0.39, 0.29) is 21.7 Å². The van der Waals surface area contributed by atoms with Crippen LogP contribution in [0.5, 0.6) is 5.75 Å². The topological polar surface area (TPSA) is 65.7 Å². The van der Waals surface area contributed by atoms with Crippen LogP contribution in [0.3, 0.4) is 0 Å². The van der Waals surface area contributed by atoms with Gasteiger partial charge in [-0.1, -0.05) is 52.5 Å². The first-order valence-corrected chi connectivity index (χ1v) is 7.87. The summed E-state index contributed by atoms with van der Waals surface area (Å²) >= 11 is 24.8. The van der Waals surface area contributed by atoms with Crippen molar-refractivity contribution in [3.05, 3.63) is 44.7 Å². The smallest absolute Gasteiger partial charge is 0.437 e. The number of nitrogens with zero attached hydrogens (tertiary/aromatic N) is 3. The van der Waals surface area contributed by atoms with Gasteiger partial charge in [0.25, 0.3) is 0 Å². The van der Waals surface area contributed by atoms with Gasteiger partial charge in [-0.3, -0.25) is 0 Å². The lowest BCUT2D eigenvalue weighted by molar-refractivity contribution is 0.122. The third kappa shape index (κ3) is 2.98. The van der Waals surface area contributed by atoms with Crippen LogP contribution in [0.25, 0.3) is 16.8 Å². The summed E-state index contributed by atoms with van der Waals surface area (Å²) in [7, 11) is 1.18. The molecule has 0 spiro atoms. The highest BCUT2D eigenvalue weighted by atomic mass is 35.5. The predicted octanol–water partition coefficient (Wildman–Crippen LogP) is 5.16. The van der Waals surface area contributed by atoms with Crippen molar-refractivity contribution in [2.45, 2.75) is 0 Å². The lowest BCUT2D eigenvalue weighted by atomic mass is 10.1. The molecule has 0 aliphatic rings. The Bertz CT molecular complexity index is 958. The zero-order valence-corrected chi connectivity index (χ0v) is 14.9. The van der Waals surface area contributed by atoms with E-state index in [0.29, 0.717) is 21.2 Å². The van der Waals surface area contributed by atoms with Gasteiger partial charge in [0, 0.05) is 10.6 Å². The van der Waals surface area contributed by atoms with E-state index in [4.69, 9.17) is 51.1 Å². The molecule has 0 N–H and O–H groups in total. The van der Waals surface area contributed by atoms with E-state index in [1.54, 1.807) is 18.2 Å². The molecule has 0 fully saturated rings. The second-order valence-corrected chi connectivity index (χ2v) is 6.05. The Balaban J connectivity index is 2.20. The monoisotopic (exact) mass is 405 g/mol. The molecule has 0 radical (unpaired) electrons. The molecule has 0 bridgehead atoms. The lowest BCUT2D eigenvalue weighted by Crippen LogP contribution is -2.07. The Labute approximate surface area is 155 Å². The Morgan fingerprint density at radius 3 is 2.62 bits per heavy atom. The van der Waals surface area contributed by atoms with E-state index < -0.39 is 6.16 Å². The summed E-state index contributed by atoms with van der Waals surface area (Å²) in [5.41, 5.74) is 1.07. The SMILES string of the molecule is COC(=O)Oc1cnn2c(Cl)c(-c3ccc(Cl)cc3Cl)c(Cl)nc12. The number of benzene rings is 1. The maximum absolute atomic E-state index is 11.3. The fourth-order valence-electron chi connectivity index (χ4n) is 2.03. The van der Waals surface area contributed by atoms with Gasteiger partial charge < -0.3 is 9.47 Å². The van der Waals surface area contributed by atoms with Crippen LogP contribution in [0.2, 0.25) is 20.4 Å². The average Bonchev–Trinajstić information content (AvgIpc) is 2.92. The highest BCUT2D eigenvalue weighted by Gasteiger charge is 2.21. The summed E-state index contributed by atoms with van der Waals surface area (Å²) in [6.45, 7) is 0. The summed E-state index contributed by atoms with van der Waals surface area (Å²) < 4.78 is 10.6. The summed E-state index contributed by atoms with van der Waals surface area (Å²) in [5, 5.41) is 5.07. The molecule has 6 nitrogen and oxygen atoms in total. The number of rotatable bonds is 2. The van der Waals surface area contributed by atoms with Gasteiger partial charge in [0.2, 0.25) is 5.65 Å². The molecule has 0 unspecified atom stereocenters. The number of ether oxygens (including phenoxy) is 2. The number of aromatic nitrogens is 3. The summed E-state index contributed by atoms with van der Waals surface area (Å²) in [6, 6.07) is 4.87. The number of hydrogen-bond acceptors (Lipinski definition) is 5. The van der Waals surface area contributed by atoms with Crippen LogP contribution in [-0.2, 0) is 4.74 Å². The molecule has 2 aromatic heterocycles. The minimum absolute atomic E-state index is 0.0550. The predicted molar refractivity (Wildman–Crippen MR) is 91.5 cm³/mol. The highest BCUT2D eigenvalue weighted by molar-refractivity contribution is 6.41. The molecule has 0 amide bonds. The van der Waals surface area contributed by atoms with Crippen LogP contribution in [-0.4, -0.2) is 27.9 Å². The van der Waals surface area contributed by atoms with E-state index in [1.807, 2.05) is 0 Å². The Morgan fingerprint density at radius 2 is 1.96 bits per heavy atom. The number of halogens is 4. The van der Waals surface area contributed by atoms with Gasteiger partial charge in [0.05, 0.1) is 23.9 Å². The molecule has 3 rings (SSSR count). The highest BCUT2D eigenvalue weighted by Crippen LogP contribution is 2.39. The number of hydrogen-bond donors (Lipinski definition) is 0. The minimum Gasteiger partial charge on any atom is -0.437 e. The number of carbonyl (C=O) groups excluding carboxylic acids is 1.